The van der Waals surface area contributed by atoms with E-state index in [0.29, 0.717) is 17.3 Å². The summed E-state index contributed by atoms with van der Waals surface area (Å²) in [6, 6.07) is 7.35. The normalized spacial score (nSPS) is 27.6. The van der Waals surface area contributed by atoms with Gasteiger partial charge < -0.3 is 5.32 Å². The number of carbonyl (C=O) groups is 2. The molecule has 1 aromatic rings. The summed E-state index contributed by atoms with van der Waals surface area (Å²) >= 11 is 7.49. The Kier molecular flexibility index (Phi) is 4.87. The van der Waals surface area contributed by atoms with Crippen LogP contribution in [0.1, 0.15) is 32.6 Å². The van der Waals surface area contributed by atoms with E-state index in [9.17, 15) is 9.59 Å². The van der Waals surface area contributed by atoms with Gasteiger partial charge in [-0.1, -0.05) is 31.4 Å². The van der Waals surface area contributed by atoms with Gasteiger partial charge in [0.2, 0.25) is 0 Å². The van der Waals surface area contributed by atoms with E-state index in [2.05, 4.69) is 12.2 Å². The summed E-state index contributed by atoms with van der Waals surface area (Å²) in [6.45, 7) is 2.51. The van der Waals surface area contributed by atoms with E-state index >= 15 is 0 Å². The predicted octanol–water partition coefficient (Wildman–Crippen LogP) is 3.93. The van der Waals surface area contributed by atoms with Crippen molar-refractivity contribution >= 4 is 35.3 Å². The molecule has 1 heterocycles. The Labute approximate surface area is 145 Å². The zero-order chi connectivity index (χ0) is 16.4. The lowest BCUT2D eigenvalue weighted by molar-refractivity contribution is -0.134. The van der Waals surface area contributed by atoms with Crippen LogP contribution >= 0.6 is 23.4 Å². The lowest BCUT2D eigenvalue weighted by Gasteiger charge is -2.36. The largest absolute Gasteiger partial charge is 0.325 e. The Hall–Kier alpha value is -1.20. The number of nitrogens with one attached hydrogen (secondary N) is 1. The van der Waals surface area contributed by atoms with Gasteiger partial charge in [-0.05, 0) is 43.0 Å². The van der Waals surface area contributed by atoms with Gasteiger partial charge in [0.1, 0.15) is 5.54 Å². The Morgan fingerprint density at radius 2 is 2.04 bits per heavy atom. The third kappa shape index (κ3) is 3.22. The van der Waals surface area contributed by atoms with Crippen LogP contribution in [0, 0.1) is 5.92 Å². The molecular weight excluding hydrogens is 332 g/mol. The van der Waals surface area contributed by atoms with Crippen molar-refractivity contribution < 1.29 is 9.59 Å². The van der Waals surface area contributed by atoms with Gasteiger partial charge in [-0.2, -0.15) is 0 Å². The number of carbonyl (C=O) groups excluding carboxylic acids is 2. The monoisotopic (exact) mass is 352 g/mol. The van der Waals surface area contributed by atoms with E-state index in [4.69, 9.17) is 11.6 Å². The van der Waals surface area contributed by atoms with Crippen molar-refractivity contribution in [2.45, 2.75) is 43.0 Å². The quantitative estimate of drug-likeness (QED) is 0.659. The number of rotatable bonds is 4. The molecule has 2 atom stereocenters. The summed E-state index contributed by atoms with van der Waals surface area (Å²) in [4.78, 5) is 27.5. The number of thioether (sulfide) groups is 1. The van der Waals surface area contributed by atoms with Crippen molar-refractivity contribution in [3.63, 3.8) is 0 Å². The average molecular weight is 353 g/mol. The van der Waals surface area contributed by atoms with Gasteiger partial charge in [-0.3, -0.25) is 9.69 Å². The second kappa shape index (κ2) is 6.73. The van der Waals surface area contributed by atoms with E-state index < -0.39 is 5.54 Å². The molecule has 0 bridgehead atoms. The predicted molar refractivity (Wildman–Crippen MR) is 92.8 cm³/mol. The summed E-state index contributed by atoms with van der Waals surface area (Å²) in [5.41, 5.74) is -0.653. The van der Waals surface area contributed by atoms with Crippen molar-refractivity contribution in [2.75, 3.05) is 12.3 Å². The van der Waals surface area contributed by atoms with Crippen LogP contribution < -0.4 is 5.32 Å². The van der Waals surface area contributed by atoms with Crippen LogP contribution in [0.25, 0.3) is 0 Å². The first-order chi connectivity index (χ1) is 11.0. The molecular formula is C17H21ClN2O2S. The minimum atomic E-state index is -0.653. The minimum absolute atomic E-state index is 0.0357. The number of imide groups is 1. The van der Waals surface area contributed by atoms with Crippen molar-refractivity contribution in [1.82, 2.24) is 10.2 Å². The van der Waals surface area contributed by atoms with Crippen LogP contribution in [0.3, 0.4) is 0 Å². The molecule has 3 rings (SSSR count). The minimum Gasteiger partial charge on any atom is -0.323 e. The van der Waals surface area contributed by atoms with E-state index in [0.717, 1.165) is 30.6 Å². The fourth-order valence-corrected chi connectivity index (χ4v) is 4.45. The first-order valence-corrected chi connectivity index (χ1v) is 9.42. The van der Waals surface area contributed by atoms with Gasteiger partial charge in [-0.15, -0.1) is 11.8 Å². The van der Waals surface area contributed by atoms with Gasteiger partial charge in [0.15, 0.2) is 0 Å². The second-order valence-corrected chi connectivity index (χ2v) is 7.91. The lowest BCUT2D eigenvalue weighted by atomic mass is 9.73. The first-order valence-electron chi connectivity index (χ1n) is 8.05. The van der Waals surface area contributed by atoms with Crippen molar-refractivity contribution in [3.05, 3.63) is 29.3 Å². The molecule has 124 valence electrons. The molecule has 0 unspecified atom stereocenters. The third-order valence-corrected chi connectivity index (χ3v) is 6.14. The van der Waals surface area contributed by atoms with Gasteiger partial charge in [0.25, 0.3) is 5.91 Å². The van der Waals surface area contributed by atoms with Crippen LogP contribution in [0.15, 0.2) is 29.2 Å². The molecule has 23 heavy (non-hydrogen) atoms. The Morgan fingerprint density at radius 1 is 1.30 bits per heavy atom. The number of hydrogen-bond acceptors (Lipinski definition) is 3. The van der Waals surface area contributed by atoms with Gasteiger partial charge in [-0.25, -0.2) is 4.79 Å². The SMILES string of the molecule is C[C@@H]1CCCC[C@@]12NC(=O)N(CCSc1ccc(Cl)cc1)C2=O. The number of benzene rings is 1. The zero-order valence-electron chi connectivity index (χ0n) is 13.2. The zero-order valence-corrected chi connectivity index (χ0v) is 14.8. The maximum absolute atomic E-state index is 12.8. The topological polar surface area (TPSA) is 49.4 Å². The molecule has 2 fully saturated rings. The summed E-state index contributed by atoms with van der Waals surface area (Å²) in [5, 5.41) is 3.69. The standard InChI is InChI=1S/C17H21ClN2O2S/c1-12-4-2-3-9-17(12)15(21)20(16(22)19-17)10-11-23-14-7-5-13(18)6-8-14/h5-8,12H,2-4,9-11H2,1H3,(H,19,22)/t12-,17-/m1/s1. The highest BCUT2D eigenvalue weighted by Crippen LogP contribution is 2.38. The maximum Gasteiger partial charge on any atom is 0.325 e. The van der Waals surface area contributed by atoms with Gasteiger partial charge in [0, 0.05) is 22.2 Å². The van der Waals surface area contributed by atoms with Crippen LogP contribution in [-0.2, 0) is 4.79 Å². The van der Waals surface area contributed by atoms with Crippen LogP contribution in [0.2, 0.25) is 5.02 Å². The average Bonchev–Trinajstić information content (AvgIpc) is 2.77. The number of hydrogen-bond donors (Lipinski definition) is 1. The first kappa shape index (κ1) is 16.7. The van der Waals surface area contributed by atoms with Crippen molar-refractivity contribution in [2.24, 2.45) is 5.92 Å². The van der Waals surface area contributed by atoms with Crippen LogP contribution in [0.4, 0.5) is 4.79 Å². The molecule has 0 aromatic heterocycles. The Morgan fingerprint density at radius 3 is 2.74 bits per heavy atom. The molecule has 1 aromatic carbocycles. The summed E-state index contributed by atoms with van der Waals surface area (Å²) < 4.78 is 0. The molecule has 1 aliphatic heterocycles. The summed E-state index contributed by atoms with van der Waals surface area (Å²) in [7, 11) is 0. The molecule has 2 aliphatic rings. The third-order valence-electron chi connectivity index (χ3n) is 4.90. The molecule has 3 amide bonds. The smallest absolute Gasteiger partial charge is 0.323 e. The highest BCUT2D eigenvalue weighted by Gasteiger charge is 2.54. The van der Waals surface area contributed by atoms with E-state index in [1.807, 2.05) is 24.3 Å². The summed E-state index contributed by atoms with van der Waals surface area (Å²) in [5.74, 6) is 0.860. The van der Waals surface area contributed by atoms with Crippen molar-refractivity contribution in [1.29, 1.82) is 0 Å². The van der Waals surface area contributed by atoms with Crippen molar-refractivity contribution in [3.8, 4) is 0 Å². The molecule has 1 saturated heterocycles. The maximum atomic E-state index is 12.8. The highest BCUT2D eigenvalue weighted by atomic mass is 35.5. The number of halogens is 1. The summed E-state index contributed by atoms with van der Waals surface area (Å²) in [6.07, 6.45) is 3.90. The fraction of sp³-hybridized carbons (Fsp3) is 0.529. The lowest BCUT2D eigenvalue weighted by Crippen LogP contribution is -2.54. The molecule has 1 N–H and O–H groups in total. The van der Waals surface area contributed by atoms with Gasteiger partial charge in [0.05, 0.1) is 0 Å². The number of urea groups is 1. The Balaban J connectivity index is 1.61. The molecule has 1 spiro atoms. The molecule has 1 aliphatic carbocycles. The van der Waals surface area contributed by atoms with E-state index in [1.54, 1.807) is 11.8 Å². The van der Waals surface area contributed by atoms with Crippen LogP contribution in [0.5, 0.6) is 0 Å². The molecule has 0 radical (unpaired) electrons. The second-order valence-electron chi connectivity index (χ2n) is 6.31. The van der Waals surface area contributed by atoms with E-state index in [-0.39, 0.29) is 17.9 Å². The highest BCUT2D eigenvalue weighted by molar-refractivity contribution is 7.99. The molecule has 1 saturated carbocycles. The fourth-order valence-electron chi connectivity index (χ4n) is 3.48. The molecule has 4 nitrogen and oxygen atoms in total. The Bertz CT molecular complexity index is 607. The van der Waals surface area contributed by atoms with Crippen LogP contribution in [-0.4, -0.2) is 34.7 Å². The molecule has 6 heteroatoms. The number of amides is 3. The van der Waals surface area contributed by atoms with Gasteiger partial charge >= 0.3 is 6.03 Å². The number of nitrogens with zero attached hydrogens (tertiary/aromatic N) is 1. The van der Waals surface area contributed by atoms with E-state index in [1.165, 1.54) is 4.90 Å².